The summed E-state index contributed by atoms with van der Waals surface area (Å²) in [6, 6.07) is 11.0. The molecule has 1 unspecified atom stereocenters. The van der Waals surface area contributed by atoms with Gasteiger partial charge in [-0.25, -0.2) is 4.79 Å². The van der Waals surface area contributed by atoms with E-state index in [1.165, 1.54) is 0 Å². The zero-order valence-electron chi connectivity index (χ0n) is 21.3. The van der Waals surface area contributed by atoms with Crippen LogP contribution in [0, 0.1) is 12.8 Å². The summed E-state index contributed by atoms with van der Waals surface area (Å²) in [5, 5.41) is 5.95. The van der Waals surface area contributed by atoms with Crippen molar-refractivity contribution >= 4 is 28.5 Å². The maximum Gasteiger partial charge on any atom is 0.326 e. The van der Waals surface area contributed by atoms with Crippen LogP contribution in [0.5, 0.6) is 5.75 Å². The van der Waals surface area contributed by atoms with Crippen LogP contribution in [0.25, 0.3) is 11.0 Å². The van der Waals surface area contributed by atoms with Crippen LogP contribution >= 0.6 is 0 Å². The third-order valence-corrected chi connectivity index (χ3v) is 7.62. The Balaban J connectivity index is 1.25. The lowest BCUT2D eigenvalue weighted by molar-refractivity contribution is -0.121. The first kappa shape index (κ1) is 25.1. The minimum atomic E-state index is -0.228. The van der Waals surface area contributed by atoms with Crippen LogP contribution in [0.4, 0.5) is 5.69 Å². The predicted octanol–water partition coefficient (Wildman–Crippen LogP) is 3.93. The Morgan fingerprint density at radius 3 is 2.68 bits per heavy atom. The predicted molar refractivity (Wildman–Crippen MR) is 141 cm³/mol. The van der Waals surface area contributed by atoms with Gasteiger partial charge in [0, 0.05) is 36.9 Å². The zero-order valence-corrected chi connectivity index (χ0v) is 21.3. The number of aryl methyl sites for hydroxylation is 1. The number of ether oxygens (including phenoxy) is 2. The third-order valence-electron chi connectivity index (χ3n) is 7.62. The molecule has 1 aliphatic heterocycles. The average molecular weight is 507 g/mol. The van der Waals surface area contributed by atoms with Crippen molar-refractivity contribution in [2.45, 2.75) is 57.6 Å². The Morgan fingerprint density at radius 1 is 1.14 bits per heavy atom. The van der Waals surface area contributed by atoms with Gasteiger partial charge in [-0.15, -0.1) is 0 Å². The van der Waals surface area contributed by atoms with Crippen LogP contribution in [0.1, 0.15) is 60.5 Å². The number of hydrogen-bond acceptors (Lipinski definition) is 5. The number of fused-ring (bicyclic) bond motifs is 1. The molecule has 1 aromatic heterocycles. The van der Waals surface area contributed by atoms with Gasteiger partial charge in [-0.05, 0) is 69.2 Å². The molecule has 9 heteroatoms. The number of para-hydroxylation sites is 1. The molecule has 9 nitrogen and oxygen atoms in total. The van der Waals surface area contributed by atoms with E-state index in [4.69, 9.17) is 9.47 Å². The average Bonchev–Trinajstić information content (AvgIpc) is 3.55. The van der Waals surface area contributed by atoms with Crippen molar-refractivity contribution in [1.29, 1.82) is 0 Å². The summed E-state index contributed by atoms with van der Waals surface area (Å²) in [4.78, 5) is 41.7. The van der Waals surface area contributed by atoms with Gasteiger partial charge in [-0.3, -0.25) is 14.2 Å². The molecular weight excluding hydrogens is 472 g/mol. The van der Waals surface area contributed by atoms with E-state index < -0.39 is 0 Å². The van der Waals surface area contributed by atoms with Gasteiger partial charge in [0.25, 0.3) is 5.91 Å². The summed E-state index contributed by atoms with van der Waals surface area (Å²) in [5.41, 5.74) is 3.21. The Labute approximate surface area is 215 Å². The van der Waals surface area contributed by atoms with Crippen molar-refractivity contribution in [3.05, 3.63) is 58.0 Å². The lowest BCUT2D eigenvalue weighted by Gasteiger charge is -2.28. The summed E-state index contributed by atoms with van der Waals surface area (Å²) in [5.74, 6) is 0.382. The topological polar surface area (TPSA) is 114 Å². The Hall–Kier alpha value is -3.59. The highest BCUT2D eigenvalue weighted by Crippen LogP contribution is 2.34. The number of anilines is 1. The number of aromatic amines is 1. The van der Waals surface area contributed by atoms with Gasteiger partial charge < -0.3 is 25.1 Å². The van der Waals surface area contributed by atoms with E-state index in [0.717, 1.165) is 36.3 Å². The molecule has 1 atom stereocenters. The maximum atomic E-state index is 13.0. The van der Waals surface area contributed by atoms with E-state index in [0.29, 0.717) is 49.0 Å². The van der Waals surface area contributed by atoms with Crippen LogP contribution < -0.4 is 21.1 Å². The van der Waals surface area contributed by atoms with Crippen molar-refractivity contribution in [1.82, 2.24) is 14.9 Å². The molecule has 2 aromatic carbocycles. The number of amides is 2. The lowest BCUT2D eigenvalue weighted by Crippen LogP contribution is -2.31. The second kappa shape index (κ2) is 10.8. The van der Waals surface area contributed by atoms with E-state index in [2.05, 4.69) is 15.6 Å². The summed E-state index contributed by atoms with van der Waals surface area (Å²) in [6.07, 6.45) is 4.77. The summed E-state index contributed by atoms with van der Waals surface area (Å²) >= 11 is 0. The molecule has 0 bridgehead atoms. The maximum absolute atomic E-state index is 13.0. The number of methoxy groups -OCH3 is 1. The Morgan fingerprint density at radius 2 is 1.95 bits per heavy atom. The van der Waals surface area contributed by atoms with Gasteiger partial charge in [0.2, 0.25) is 5.91 Å². The third kappa shape index (κ3) is 5.27. The molecule has 2 heterocycles. The van der Waals surface area contributed by atoms with Gasteiger partial charge in [-0.2, -0.15) is 0 Å². The van der Waals surface area contributed by atoms with Crippen molar-refractivity contribution in [2.75, 3.05) is 25.6 Å². The summed E-state index contributed by atoms with van der Waals surface area (Å²) < 4.78 is 12.7. The molecule has 0 radical (unpaired) electrons. The number of nitrogens with zero attached hydrogens (tertiary/aromatic N) is 1. The quantitative estimate of drug-likeness (QED) is 0.449. The van der Waals surface area contributed by atoms with Crippen molar-refractivity contribution in [2.24, 2.45) is 5.92 Å². The largest absolute Gasteiger partial charge is 0.496 e. The number of H-pyrrole nitrogens is 1. The molecule has 3 N–H and O–H groups in total. The number of nitrogens with one attached hydrogen (secondary N) is 3. The van der Waals surface area contributed by atoms with Crippen molar-refractivity contribution < 1.29 is 19.1 Å². The highest BCUT2D eigenvalue weighted by atomic mass is 16.5. The van der Waals surface area contributed by atoms with Crippen molar-refractivity contribution in [3.8, 4) is 5.75 Å². The van der Waals surface area contributed by atoms with E-state index in [1.807, 2.05) is 37.3 Å². The zero-order chi connectivity index (χ0) is 25.9. The first-order chi connectivity index (χ1) is 17.9. The summed E-state index contributed by atoms with van der Waals surface area (Å²) in [7, 11) is 1.61. The first-order valence-corrected chi connectivity index (χ1v) is 13.0. The molecular formula is C28H34N4O5. The first-order valence-electron chi connectivity index (χ1n) is 13.0. The van der Waals surface area contributed by atoms with Crippen LogP contribution in [-0.2, 0) is 9.53 Å². The molecule has 196 valence electrons. The molecule has 0 spiro atoms. The normalized spacial score (nSPS) is 21.6. The van der Waals surface area contributed by atoms with Crippen LogP contribution in [0.3, 0.4) is 0 Å². The number of hydrogen-bond donors (Lipinski definition) is 3. The molecule has 1 saturated heterocycles. The Kier molecular flexibility index (Phi) is 7.32. The molecule has 2 aliphatic rings. The monoisotopic (exact) mass is 506 g/mol. The number of imidazole rings is 1. The summed E-state index contributed by atoms with van der Waals surface area (Å²) in [6.45, 7) is 3.15. The Bertz CT molecular complexity index is 1350. The van der Waals surface area contributed by atoms with E-state index in [9.17, 15) is 14.4 Å². The smallest absolute Gasteiger partial charge is 0.326 e. The standard InChI is InChI=1S/C28H34N4O5/c1-17-8-11-19(15-24(17)36-2)30-26(33)18-9-12-20(13-10-18)32-23-7-3-6-22(25(23)31-28(32)35)27(34)29-16-21-5-4-14-37-21/h3,6-8,11,15,18,20-21H,4-5,9-10,12-14,16H2,1-2H3,(H,29,34)(H,30,33)(H,31,35)/t18-,20+,21?. The second-order valence-corrected chi connectivity index (χ2v) is 10.0. The lowest BCUT2D eigenvalue weighted by atomic mass is 9.85. The molecule has 5 rings (SSSR count). The van der Waals surface area contributed by atoms with Crippen LogP contribution in [0.15, 0.2) is 41.2 Å². The van der Waals surface area contributed by atoms with Crippen molar-refractivity contribution in [3.63, 3.8) is 0 Å². The molecule has 2 fully saturated rings. The molecule has 1 aliphatic carbocycles. The molecule has 37 heavy (non-hydrogen) atoms. The van der Waals surface area contributed by atoms with E-state index >= 15 is 0 Å². The fourth-order valence-corrected chi connectivity index (χ4v) is 5.55. The van der Waals surface area contributed by atoms with E-state index in [-0.39, 0.29) is 35.6 Å². The number of rotatable bonds is 7. The number of carbonyl (C=O) groups is 2. The van der Waals surface area contributed by atoms with Gasteiger partial charge >= 0.3 is 5.69 Å². The number of aromatic nitrogens is 2. The van der Waals surface area contributed by atoms with Crippen LogP contribution in [-0.4, -0.2) is 47.7 Å². The molecule has 2 amide bonds. The van der Waals surface area contributed by atoms with E-state index in [1.54, 1.807) is 17.7 Å². The minimum absolute atomic E-state index is 0.0131. The van der Waals surface area contributed by atoms with Gasteiger partial charge in [0.1, 0.15) is 5.75 Å². The number of benzene rings is 2. The second-order valence-electron chi connectivity index (χ2n) is 10.0. The van der Waals surface area contributed by atoms with Crippen LogP contribution in [0.2, 0.25) is 0 Å². The molecule has 1 saturated carbocycles. The molecule has 3 aromatic rings. The fraction of sp³-hybridized carbons (Fsp3) is 0.464. The highest BCUT2D eigenvalue weighted by molar-refractivity contribution is 6.05. The SMILES string of the molecule is COc1cc(NC(=O)[C@H]2CC[C@@H](n3c(=O)[nH]c4c(C(=O)NCC5CCCO5)cccc43)CC2)ccc1C. The van der Waals surface area contributed by atoms with Gasteiger partial charge in [0.15, 0.2) is 0 Å². The number of carbonyl (C=O) groups excluding carboxylic acids is 2. The minimum Gasteiger partial charge on any atom is -0.496 e. The van der Waals surface area contributed by atoms with Gasteiger partial charge in [-0.1, -0.05) is 12.1 Å². The highest BCUT2D eigenvalue weighted by Gasteiger charge is 2.29. The van der Waals surface area contributed by atoms with Gasteiger partial charge in [0.05, 0.1) is 29.8 Å². The fourth-order valence-electron chi connectivity index (χ4n) is 5.55.